The highest BCUT2D eigenvalue weighted by atomic mass is 32.1. The number of para-hydroxylation sites is 1. The second-order valence-corrected chi connectivity index (χ2v) is 5.77. The maximum absolute atomic E-state index is 10.7. The van der Waals surface area contributed by atoms with Crippen molar-refractivity contribution in [2.45, 2.75) is 13.5 Å². The summed E-state index contributed by atoms with van der Waals surface area (Å²) in [4.78, 5) is 10.3. The van der Waals surface area contributed by atoms with Crippen molar-refractivity contribution >= 4 is 24.1 Å². The normalized spacial score (nSPS) is 11.0. The molecule has 0 spiro atoms. The number of rotatable bonds is 6. The zero-order valence-corrected chi connectivity index (χ0v) is 14.6. The molecule has 1 aromatic heterocycles. The number of aryl methyl sites for hydroxylation is 1. The third-order valence-electron chi connectivity index (χ3n) is 3.59. The molecule has 0 aliphatic carbocycles. The number of aromatic amines is 1. The highest BCUT2D eigenvalue weighted by Gasteiger charge is 2.06. The van der Waals surface area contributed by atoms with E-state index in [2.05, 4.69) is 15.3 Å². The molecule has 1 heterocycles. The summed E-state index contributed by atoms with van der Waals surface area (Å²) in [6.07, 6.45) is 1.64. The van der Waals surface area contributed by atoms with Crippen LogP contribution in [0.2, 0.25) is 0 Å². The minimum atomic E-state index is -0.431. The van der Waals surface area contributed by atoms with Gasteiger partial charge in [-0.2, -0.15) is 14.9 Å². The second kappa shape index (κ2) is 7.70. The molecule has 0 saturated heterocycles. The van der Waals surface area contributed by atoms with E-state index in [1.165, 1.54) is 16.8 Å². The lowest BCUT2D eigenvalue weighted by Gasteiger charge is -2.09. The molecule has 0 amide bonds. The minimum Gasteiger partial charge on any atom is -0.488 e. The van der Waals surface area contributed by atoms with Crippen LogP contribution in [-0.4, -0.2) is 26.0 Å². The lowest BCUT2D eigenvalue weighted by atomic mass is 10.2. The summed E-state index contributed by atoms with van der Waals surface area (Å²) < 4.78 is 7.76. The first-order valence-electron chi connectivity index (χ1n) is 7.68. The molecule has 3 rings (SSSR count). The van der Waals surface area contributed by atoms with Gasteiger partial charge < -0.3 is 4.74 Å². The quantitative estimate of drug-likeness (QED) is 0.310. The number of non-ortho nitro benzene ring substituents is 1. The molecular formula is C17H15N5O3S. The Morgan fingerprint density at radius 3 is 2.69 bits per heavy atom. The standard InChI is InChI=1S/C17H15N5O3S/c1-12-19-20-17(26)21(12)18-10-14-4-2-3-5-16(14)25-11-13-6-8-15(9-7-13)22(23)24/h2-10H,11H2,1H3,(H,20,26)/b18-10-. The van der Waals surface area contributed by atoms with Gasteiger partial charge in [-0.3, -0.25) is 15.2 Å². The molecule has 26 heavy (non-hydrogen) atoms. The Hall–Kier alpha value is -3.33. The van der Waals surface area contributed by atoms with Crippen LogP contribution >= 0.6 is 12.2 Å². The van der Waals surface area contributed by atoms with Crippen molar-refractivity contribution in [1.29, 1.82) is 0 Å². The van der Waals surface area contributed by atoms with Gasteiger partial charge in [-0.05, 0) is 49.0 Å². The molecule has 9 heteroatoms. The number of hydrogen-bond donors (Lipinski definition) is 1. The number of nitro benzene ring substituents is 1. The van der Waals surface area contributed by atoms with E-state index in [0.29, 0.717) is 16.3 Å². The van der Waals surface area contributed by atoms with E-state index in [9.17, 15) is 10.1 Å². The highest BCUT2D eigenvalue weighted by molar-refractivity contribution is 7.71. The Morgan fingerprint density at radius 2 is 2.04 bits per heavy atom. The molecule has 0 bridgehead atoms. The van der Waals surface area contributed by atoms with Crippen molar-refractivity contribution < 1.29 is 9.66 Å². The van der Waals surface area contributed by atoms with Crippen LogP contribution in [0.1, 0.15) is 17.0 Å². The predicted molar refractivity (Wildman–Crippen MR) is 99.0 cm³/mol. The number of benzene rings is 2. The Bertz CT molecular complexity index is 1010. The summed E-state index contributed by atoms with van der Waals surface area (Å²) in [6.45, 7) is 2.08. The van der Waals surface area contributed by atoms with Gasteiger partial charge in [-0.15, -0.1) is 0 Å². The SMILES string of the molecule is Cc1n[nH]c(=S)n1/N=C\c1ccccc1OCc1ccc([N+](=O)[O-])cc1. The summed E-state index contributed by atoms with van der Waals surface area (Å²) in [5.41, 5.74) is 1.65. The van der Waals surface area contributed by atoms with Gasteiger partial charge in [0.15, 0.2) is 0 Å². The molecule has 0 atom stereocenters. The second-order valence-electron chi connectivity index (χ2n) is 5.38. The van der Waals surface area contributed by atoms with Crippen LogP contribution in [0.5, 0.6) is 5.75 Å². The van der Waals surface area contributed by atoms with Gasteiger partial charge >= 0.3 is 0 Å². The van der Waals surface area contributed by atoms with E-state index >= 15 is 0 Å². The van der Waals surface area contributed by atoms with E-state index in [0.717, 1.165) is 11.1 Å². The number of nitrogens with one attached hydrogen (secondary N) is 1. The molecule has 0 aliphatic rings. The van der Waals surface area contributed by atoms with Gasteiger partial charge in [0.25, 0.3) is 5.69 Å². The topological polar surface area (TPSA) is 98.3 Å². The molecule has 0 fully saturated rings. The number of nitrogens with zero attached hydrogens (tertiary/aromatic N) is 4. The zero-order valence-electron chi connectivity index (χ0n) is 13.8. The van der Waals surface area contributed by atoms with E-state index in [4.69, 9.17) is 17.0 Å². The number of nitro groups is 1. The molecule has 1 N–H and O–H groups in total. The van der Waals surface area contributed by atoms with Crippen molar-refractivity contribution in [3.05, 3.63) is 80.4 Å². The van der Waals surface area contributed by atoms with Crippen LogP contribution in [0, 0.1) is 21.8 Å². The lowest BCUT2D eigenvalue weighted by Crippen LogP contribution is -2.00. The molecule has 132 valence electrons. The monoisotopic (exact) mass is 369 g/mol. The third kappa shape index (κ3) is 4.01. The average Bonchev–Trinajstić information content (AvgIpc) is 2.97. The molecule has 3 aromatic rings. The summed E-state index contributed by atoms with van der Waals surface area (Å²) in [5.74, 6) is 1.29. The molecular weight excluding hydrogens is 354 g/mol. The summed E-state index contributed by atoms with van der Waals surface area (Å²) in [5, 5.41) is 21.7. The molecule has 8 nitrogen and oxygen atoms in total. The summed E-state index contributed by atoms with van der Waals surface area (Å²) in [7, 11) is 0. The van der Waals surface area contributed by atoms with Crippen LogP contribution in [-0.2, 0) is 6.61 Å². The van der Waals surface area contributed by atoms with Gasteiger partial charge in [-0.25, -0.2) is 0 Å². The van der Waals surface area contributed by atoms with Crippen LogP contribution < -0.4 is 4.74 Å². The fourth-order valence-electron chi connectivity index (χ4n) is 2.22. The first-order chi connectivity index (χ1) is 12.5. The fourth-order valence-corrected chi connectivity index (χ4v) is 2.44. The molecule has 0 saturated carbocycles. The maximum atomic E-state index is 10.7. The third-order valence-corrected chi connectivity index (χ3v) is 3.85. The van der Waals surface area contributed by atoms with Crippen molar-refractivity contribution in [3.63, 3.8) is 0 Å². The van der Waals surface area contributed by atoms with Crippen molar-refractivity contribution in [1.82, 2.24) is 14.9 Å². The Balaban J connectivity index is 1.75. The zero-order chi connectivity index (χ0) is 18.5. The van der Waals surface area contributed by atoms with Crippen molar-refractivity contribution in [2.75, 3.05) is 0 Å². The van der Waals surface area contributed by atoms with Gasteiger partial charge in [0.05, 0.1) is 11.1 Å². The number of ether oxygens (including phenoxy) is 1. The van der Waals surface area contributed by atoms with Crippen molar-refractivity contribution in [3.8, 4) is 5.75 Å². The summed E-state index contributed by atoms with van der Waals surface area (Å²) in [6, 6.07) is 13.7. The Morgan fingerprint density at radius 1 is 1.31 bits per heavy atom. The van der Waals surface area contributed by atoms with Gasteiger partial charge in [0.1, 0.15) is 18.2 Å². The summed E-state index contributed by atoms with van der Waals surface area (Å²) >= 11 is 5.12. The molecule has 2 aromatic carbocycles. The molecule has 0 radical (unpaired) electrons. The lowest BCUT2D eigenvalue weighted by molar-refractivity contribution is -0.384. The Kier molecular flexibility index (Phi) is 5.18. The van der Waals surface area contributed by atoms with E-state index in [-0.39, 0.29) is 12.3 Å². The molecule has 0 unspecified atom stereocenters. The van der Waals surface area contributed by atoms with Crippen molar-refractivity contribution in [2.24, 2.45) is 5.10 Å². The number of aromatic nitrogens is 3. The number of hydrogen-bond acceptors (Lipinski definition) is 6. The first kappa shape index (κ1) is 17.5. The average molecular weight is 369 g/mol. The van der Waals surface area contributed by atoms with Gasteiger partial charge in [0.2, 0.25) is 4.77 Å². The first-order valence-corrected chi connectivity index (χ1v) is 8.09. The highest BCUT2D eigenvalue weighted by Crippen LogP contribution is 2.19. The van der Waals surface area contributed by atoms with Crippen LogP contribution in [0.3, 0.4) is 0 Å². The Labute approximate surface area is 153 Å². The van der Waals surface area contributed by atoms with Crippen LogP contribution in [0.4, 0.5) is 5.69 Å². The van der Waals surface area contributed by atoms with Gasteiger partial charge in [-0.1, -0.05) is 12.1 Å². The molecule has 0 aliphatic heterocycles. The minimum absolute atomic E-state index is 0.0495. The van der Waals surface area contributed by atoms with E-state index < -0.39 is 4.92 Å². The van der Waals surface area contributed by atoms with E-state index in [1.807, 2.05) is 24.3 Å². The van der Waals surface area contributed by atoms with E-state index in [1.54, 1.807) is 25.3 Å². The number of H-pyrrole nitrogens is 1. The smallest absolute Gasteiger partial charge is 0.269 e. The predicted octanol–water partition coefficient (Wildman–Crippen LogP) is 3.62. The van der Waals surface area contributed by atoms with Crippen LogP contribution in [0.15, 0.2) is 53.6 Å². The maximum Gasteiger partial charge on any atom is 0.269 e. The fraction of sp³-hybridized carbons (Fsp3) is 0.118. The largest absolute Gasteiger partial charge is 0.488 e. The van der Waals surface area contributed by atoms with Crippen LogP contribution in [0.25, 0.3) is 0 Å². The van der Waals surface area contributed by atoms with Gasteiger partial charge in [0, 0.05) is 17.7 Å².